The van der Waals surface area contributed by atoms with Crippen LogP contribution in [0.5, 0.6) is 51.7 Å². The monoisotopic (exact) mass is 662 g/mol. The summed E-state index contributed by atoms with van der Waals surface area (Å²) in [5.74, 6) is 3.36. The normalized spacial score (nSPS) is 19.6. The smallest absolute Gasteiger partial charge is 0.232 e. The molecule has 4 atom stereocenters. The predicted molar refractivity (Wildman–Crippen MR) is 175 cm³/mol. The van der Waals surface area contributed by atoms with E-state index in [9.17, 15) is 15.0 Å². The summed E-state index contributed by atoms with van der Waals surface area (Å²) in [4.78, 5) is 14.2. The lowest BCUT2D eigenvalue weighted by molar-refractivity contribution is 0.0193. The van der Waals surface area contributed by atoms with Gasteiger partial charge in [0.25, 0.3) is 0 Å². The number of fused-ring (bicyclic) bond motifs is 3. The lowest BCUT2D eigenvalue weighted by atomic mass is 9.90. The number of hydrogen-bond donors (Lipinski definition) is 2. The summed E-state index contributed by atoms with van der Waals surface area (Å²) in [5, 5.41) is 23.6. The topological polar surface area (TPSA) is 141 Å². The Kier molecular flexibility index (Phi) is 9.04. The first kappa shape index (κ1) is 32.9. The first-order chi connectivity index (χ1) is 23.2. The molecule has 12 nitrogen and oxygen atoms in total. The zero-order chi connectivity index (χ0) is 34.3. The molecule has 6 rings (SSSR count). The van der Waals surface area contributed by atoms with Gasteiger partial charge in [-0.05, 0) is 29.1 Å². The molecule has 0 aliphatic carbocycles. The molecule has 12 heteroatoms. The molecule has 2 heterocycles. The van der Waals surface area contributed by atoms with E-state index in [4.69, 9.17) is 42.6 Å². The average molecular weight is 663 g/mol. The minimum Gasteiger partial charge on any atom is -0.496 e. The molecule has 2 aliphatic rings. The fraction of sp³-hybridized carbons (Fsp3) is 0.361. The highest BCUT2D eigenvalue weighted by Crippen LogP contribution is 2.48. The van der Waals surface area contributed by atoms with Gasteiger partial charge in [-0.1, -0.05) is 0 Å². The molecule has 0 saturated heterocycles. The van der Waals surface area contributed by atoms with E-state index in [1.54, 1.807) is 36.4 Å². The van der Waals surface area contributed by atoms with Crippen molar-refractivity contribution in [1.29, 1.82) is 0 Å². The highest BCUT2D eigenvalue weighted by atomic mass is 16.5. The summed E-state index contributed by atoms with van der Waals surface area (Å²) in [6.07, 6.45) is -3.62. The second kappa shape index (κ2) is 13.2. The number of methoxy groups -OCH3 is 7. The van der Waals surface area contributed by atoms with Crippen LogP contribution < -0.4 is 48.1 Å². The third-order valence-corrected chi connectivity index (χ3v) is 8.88. The first-order valence-corrected chi connectivity index (χ1v) is 15.2. The van der Waals surface area contributed by atoms with Gasteiger partial charge in [0, 0.05) is 53.8 Å². The number of hydrogen-bond acceptors (Lipinski definition) is 12. The van der Waals surface area contributed by atoms with Crippen LogP contribution in [0.2, 0.25) is 0 Å². The highest BCUT2D eigenvalue weighted by molar-refractivity contribution is 5.94. The van der Waals surface area contributed by atoms with E-state index in [0.29, 0.717) is 62.1 Å². The van der Waals surface area contributed by atoms with Crippen LogP contribution in [0, 0.1) is 0 Å². The van der Waals surface area contributed by atoms with E-state index < -0.39 is 29.8 Å². The molecule has 0 spiro atoms. The van der Waals surface area contributed by atoms with E-state index in [1.807, 2.05) is 0 Å². The second-order valence-electron chi connectivity index (χ2n) is 11.4. The largest absolute Gasteiger partial charge is 0.496 e. The van der Waals surface area contributed by atoms with Crippen LogP contribution in [-0.2, 0) is 12.8 Å². The van der Waals surface area contributed by atoms with Crippen molar-refractivity contribution in [2.75, 3.05) is 49.8 Å². The third-order valence-electron chi connectivity index (χ3n) is 8.88. The Morgan fingerprint density at radius 3 is 1.60 bits per heavy atom. The van der Waals surface area contributed by atoms with Crippen molar-refractivity contribution in [2.45, 2.75) is 37.3 Å². The van der Waals surface area contributed by atoms with Crippen molar-refractivity contribution in [3.05, 3.63) is 74.9 Å². The Morgan fingerprint density at radius 1 is 0.583 bits per heavy atom. The molecule has 0 aromatic heterocycles. The van der Waals surface area contributed by atoms with Gasteiger partial charge in [-0.15, -0.1) is 0 Å². The SMILES string of the molecule is COc1cc(OC)c2c(c1)OC(c1cc(OC)c(=O)c3c(OC)c(OC)cc(C4Oc5cc(OC)cc(OC)c5CC4O)c3c1)C(O)C2. The van der Waals surface area contributed by atoms with Crippen LogP contribution in [0.3, 0.4) is 0 Å². The fourth-order valence-corrected chi connectivity index (χ4v) is 6.54. The Morgan fingerprint density at radius 2 is 1.10 bits per heavy atom. The maximum absolute atomic E-state index is 14.2. The molecule has 0 saturated carbocycles. The van der Waals surface area contributed by atoms with Gasteiger partial charge in [-0.3, -0.25) is 4.79 Å². The van der Waals surface area contributed by atoms with Crippen molar-refractivity contribution in [1.82, 2.24) is 0 Å². The van der Waals surface area contributed by atoms with Crippen molar-refractivity contribution >= 4 is 10.8 Å². The molecular weight excluding hydrogens is 624 g/mol. The summed E-state index contributed by atoms with van der Waals surface area (Å²) in [6.45, 7) is 0. The van der Waals surface area contributed by atoms with Gasteiger partial charge in [0.2, 0.25) is 5.43 Å². The molecule has 2 aliphatic heterocycles. The van der Waals surface area contributed by atoms with Crippen molar-refractivity contribution in [2.24, 2.45) is 0 Å². The second-order valence-corrected chi connectivity index (χ2v) is 11.4. The molecule has 2 N–H and O–H groups in total. The minimum absolute atomic E-state index is 0.0211. The Bertz CT molecular complexity index is 1920. The molecule has 0 bridgehead atoms. The van der Waals surface area contributed by atoms with E-state index in [0.717, 1.165) is 0 Å². The van der Waals surface area contributed by atoms with Crippen LogP contribution in [0.1, 0.15) is 34.5 Å². The van der Waals surface area contributed by atoms with Gasteiger partial charge in [-0.25, -0.2) is 0 Å². The number of benzene rings is 3. The summed E-state index contributed by atoms with van der Waals surface area (Å²) in [6, 6.07) is 11.8. The van der Waals surface area contributed by atoms with Crippen molar-refractivity contribution in [3.63, 3.8) is 0 Å². The fourth-order valence-electron chi connectivity index (χ4n) is 6.54. The van der Waals surface area contributed by atoms with Gasteiger partial charge in [0.1, 0.15) is 40.6 Å². The molecule has 0 fully saturated rings. The molecule has 0 radical (unpaired) electrons. The van der Waals surface area contributed by atoms with Gasteiger partial charge >= 0.3 is 0 Å². The maximum Gasteiger partial charge on any atom is 0.232 e. The third kappa shape index (κ3) is 5.50. The van der Waals surface area contributed by atoms with Crippen molar-refractivity contribution in [3.8, 4) is 51.7 Å². The summed E-state index contributed by atoms with van der Waals surface area (Å²) < 4.78 is 52.0. The number of aliphatic hydroxyl groups is 2. The van der Waals surface area contributed by atoms with E-state index >= 15 is 0 Å². The molecule has 0 amide bonds. The molecular formula is C36H38O12. The molecule has 254 valence electrons. The minimum atomic E-state index is -1.06. The molecule has 4 unspecified atom stereocenters. The van der Waals surface area contributed by atoms with E-state index in [-0.39, 0.29) is 35.5 Å². The Hall–Kier alpha value is -5.07. The lowest BCUT2D eigenvalue weighted by Crippen LogP contribution is -2.31. The van der Waals surface area contributed by atoms with Crippen LogP contribution in [-0.4, -0.2) is 72.2 Å². The lowest BCUT2D eigenvalue weighted by Gasteiger charge is -2.33. The zero-order valence-corrected chi connectivity index (χ0v) is 27.7. The van der Waals surface area contributed by atoms with Gasteiger partial charge in [0.05, 0.1) is 67.4 Å². The van der Waals surface area contributed by atoms with Gasteiger partial charge in [0.15, 0.2) is 23.4 Å². The summed E-state index contributed by atoms with van der Waals surface area (Å²) in [5.41, 5.74) is 1.72. The Labute approximate surface area is 277 Å². The predicted octanol–water partition coefficient (Wildman–Crippen LogP) is 4.33. The maximum atomic E-state index is 14.2. The van der Waals surface area contributed by atoms with Gasteiger partial charge < -0.3 is 52.8 Å². The summed E-state index contributed by atoms with van der Waals surface area (Å²) >= 11 is 0. The highest BCUT2D eigenvalue weighted by Gasteiger charge is 2.37. The van der Waals surface area contributed by atoms with Crippen LogP contribution in [0.25, 0.3) is 10.8 Å². The summed E-state index contributed by atoms with van der Waals surface area (Å²) in [7, 11) is 10.4. The van der Waals surface area contributed by atoms with E-state index in [2.05, 4.69) is 0 Å². The van der Waals surface area contributed by atoms with E-state index in [1.165, 1.54) is 55.8 Å². The Balaban J connectivity index is 1.60. The number of rotatable bonds is 9. The van der Waals surface area contributed by atoms with Crippen LogP contribution in [0.4, 0.5) is 0 Å². The number of ether oxygens (including phenoxy) is 9. The standard InChI is InChI=1S/C36H38O12/c1-40-18-10-26(42-3)22-14-24(37)34(47-28(22)12-18)17-8-20-21(16-31(45-6)36(46-7)32(20)33(39)30(9-17)44-5)35-25(38)15-23-27(43-4)11-19(41-2)13-29(23)48-35/h8-13,16,24-25,34-35,37-38H,14-15H2,1-7H3. The van der Waals surface area contributed by atoms with Crippen LogP contribution in [0.15, 0.2) is 47.3 Å². The van der Waals surface area contributed by atoms with Crippen molar-refractivity contribution < 1.29 is 52.8 Å². The molecule has 48 heavy (non-hydrogen) atoms. The molecule has 4 aromatic rings. The number of aliphatic hydroxyl groups excluding tert-OH is 2. The zero-order valence-electron chi connectivity index (χ0n) is 27.7. The first-order valence-electron chi connectivity index (χ1n) is 15.2. The molecule has 4 aromatic carbocycles. The quantitative estimate of drug-likeness (QED) is 0.264. The van der Waals surface area contributed by atoms with Gasteiger partial charge in [-0.2, -0.15) is 0 Å². The average Bonchev–Trinajstić information content (AvgIpc) is 3.25. The van der Waals surface area contributed by atoms with Crippen LogP contribution >= 0.6 is 0 Å².